The molecule has 0 saturated carbocycles. The molecule has 0 radical (unpaired) electrons. The molecule has 2 aromatic heterocycles. The third-order valence-corrected chi connectivity index (χ3v) is 5.09. The van der Waals surface area contributed by atoms with Crippen LogP contribution in [-0.2, 0) is 17.6 Å². The Labute approximate surface area is 158 Å². The van der Waals surface area contributed by atoms with Crippen molar-refractivity contribution in [3.8, 4) is 10.6 Å². The van der Waals surface area contributed by atoms with E-state index in [1.807, 2.05) is 23.7 Å². The van der Waals surface area contributed by atoms with Gasteiger partial charge in [-0.2, -0.15) is 0 Å². The normalized spacial score (nSPS) is 10.7. The van der Waals surface area contributed by atoms with Gasteiger partial charge in [0.1, 0.15) is 5.01 Å². The van der Waals surface area contributed by atoms with Gasteiger partial charge in [-0.3, -0.25) is 9.78 Å². The summed E-state index contributed by atoms with van der Waals surface area (Å²) in [7, 11) is 0. The van der Waals surface area contributed by atoms with E-state index in [2.05, 4.69) is 46.5 Å². The summed E-state index contributed by atoms with van der Waals surface area (Å²) in [4.78, 5) is 20.7. The monoisotopic (exact) mass is 365 g/mol. The molecule has 5 heteroatoms. The van der Waals surface area contributed by atoms with Gasteiger partial charge in [-0.05, 0) is 37.5 Å². The summed E-state index contributed by atoms with van der Waals surface area (Å²) in [6.45, 7) is 2.71. The molecular formula is C21H23N3OS. The van der Waals surface area contributed by atoms with Gasteiger partial charge in [0.2, 0.25) is 5.91 Å². The summed E-state index contributed by atoms with van der Waals surface area (Å²) < 4.78 is 0. The van der Waals surface area contributed by atoms with Gasteiger partial charge in [0.15, 0.2) is 0 Å². The van der Waals surface area contributed by atoms with Crippen molar-refractivity contribution in [2.75, 3.05) is 6.54 Å². The number of rotatable bonds is 8. The second-order valence-corrected chi connectivity index (χ2v) is 7.18. The highest BCUT2D eigenvalue weighted by molar-refractivity contribution is 7.13. The Morgan fingerprint density at radius 1 is 1.15 bits per heavy atom. The summed E-state index contributed by atoms with van der Waals surface area (Å²) >= 11 is 1.61. The smallest absolute Gasteiger partial charge is 0.220 e. The maximum absolute atomic E-state index is 12.0. The van der Waals surface area contributed by atoms with Crippen LogP contribution in [0.3, 0.4) is 0 Å². The molecule has 0 aliphatic rings. The summed E-state index contributed by atoms with van der Waals surface area (Å²) in [5.41, 5.74) is 4.59. The third-order valence-electron chi connectivity index (χ3n) is 4.15. The Morgan fingerprint density at radius 3 is 2.77 bits per heavy atom. The lowest BCUT2D eigenvalue weighted by Gasteiger charge is -2.05. The van der Waals surface area contributed by atoms with E-state index in [-0.39, 0.29) is 5.91 Å². The van der Waals surface area contributed by atoms with E-state index in [0.29, 0.717) is 13.0 Å². The third kappa shape index (κ3) is 5.49. The van der Waals surface area contributed by atoms with Gasteiger partial charge in [-0.1, -0.05) is 29.8 Å². The van der Waals surface area contributed by atoms with Crippen LogP contribution in [-0.4, -0.2) is 22.4 Å². The molecule has 0 fully saturated rings. The number of amides is 1. The maximum atomic E-state index is 12.0. The summed E-state index contributed by atoms with van der Waals surface area (Å²) in [6.07, 6.45) is 6.70. The Hall–Kier alpha value is -2.53. The van der Waals surface area contributed by atoms with Crippen molar-refractivity contribution >= 4 is 17.2 Å². The zero-order chi connectivity index (χ0) is 18.2. The van der Waals surface area contributed by atoms with Crippen molar-refractivity contribution in [3.05, 3.63) is 71.0 Å². The van der Waals surface area contributed by atoms with Crippen LogP contribution in [0.2, 0.25) is 0 Å². The number of pyridine rings is 1. The number of nitrogens with zero attached hydrogens (tertiary/aromatic N) is 2. The first-order valence-electron chi connectivity index (χ1n) is 8.88. The summed E-state index contributed by atoms with van der Waals surface area (Å²) in [5, 5.41) is 6.01. The molecule has 2 heterocycles. The molecule has 0 atom stereocenters. The fourth-order valence-corrected chi connectivity index (χ4v) is 3.51. The van der Waals surface area contributed by atoms with Gasteiger partial charge in [-0.15, -0.1) is 11.3 Å². The van der Waals surface area contributed by atoms with E-state index >= 15 is 0 Å². The summed E-state index contributed by atoms with van der Waals surface area (Å²) in [6, 6.07) is 12.4. The molecular weight excluding hydrogens is 342 g/mol. The van der Waals surface area contributed by atoms with Crippen LogP contribution in [0.1, 0.15) is 29.7 Å². The highest BCUT2D eigenvalue weighted by Crippen LogP contribution is 2.22. The molecule has 134 valence electrons. The molecule has 0 bridgehead atoms. The minimum Gasteiger partial charge on any atom is -0.356 e. The lowest BCUT2D eigenvalue weighted by Crippen LogP contribution is -2.25. The van der Waals surface area contributed by atoms with E-state index in [4.69, 9.17) is 0 Å². The van der Waals surface area contributed by atoms with E-state index in [1.165, 1.54) is 11.1 Å². The van der Waals surface area contributed by atoms with Gasteiger partial charge in [0.25, 0.3) is 0 Å². The zero-order valence-electron chi connectivity index (χ0n) is 14.9. The van der Waals surface area contributed by atoms with Crippen molar-refractivity contribution in [2.45, 2.75) is 32.6 Å². The SMILES string of the molecule is Cc1ccc(CCCC(=O)NCCc2csc(-c3cccnc3)n2)cc1. The van der Waals surface area contributed by atoms with Crippen LogP contribution in [0, 0.1) is 6.92 Å². The second kappa shape index (κ2) is 9.25. The first kappa shape index (κ1) is 18.3. The van der Waals surface area contributed by atoms with E-state index in [9.17, 15) is 4.79 Å². The van der Waals surface area contributed by atoms with Crippen molar-refractivity contribution in [1.82, 2.24) is 15.3 Å². The van der Waals surface area contributed by atoms with Crippen molar-refractivity contribution in [1.29, 1.82) is 0 Å². The highest BCUT2D eigenvalue weighted by atomic mass is 32.1. The van der Waals surface area contributed by atoms with Crippen LogP contribution in [0.15, 0.2) is 54.2 Å². The average Bonchev–Trinajstić information content (AvgIpc) is 3.13. The van der Waals surface area contributed by atoms with Crippen molar-refractivity contribution < 1.29 is 4.79 Å². The van der Waals surface area contributed by atoms with Gasteiger partial charge < -0.3 is 5.32 Å². The number of thiazole rings is 1. The van der Waals surface area contributed by atoms with E-state index < -0.39 is 0 Å². The first-order chi connectivity index (χ1) is 12.7. The molecule has 0 aliphatic carbocycles. The van der Waals surface area contributed by atoms with Crippen LogP contribution in [0.25, 0.3) is 10.6 Å². The number of hydrogen-bond donors (Lipinski definition) is 1. The quantitative estimate of drug-likeness (QED) is 0.651. The minimum absolute atomic E-state index is 0.111. The molecule has 1 aromatic carbocycles. The number of hydrogen-bond acceptors (Lipinski definition) is 4. The standard InChI is InChI=1S/C21H23N3OS/c1-16-7-9-17(10-8-16)4-2-6-20(25)23-13-11-19-15-26-21(24-19)18-5-3-12-22-14-18/h3,5,7-10,12,14-15H,2,4,6,11,13H2,1H3,(H,23,25). The maximum Gasteiger partial charge on any atom is 0.220 e. The topological polar surface area (TPSA) is 54.9 Å². The highest BCUT2D eigenvalue weighted by Gasteiger charge is 2.06. The molecule has 26 heavy (non-hydrogen) atoms. The lowest BCUT2D eigenvalue weighted by atomic mass is 10.1. The molecule has 3 aromatic rings. The molecule has 3 rings (SSSR count). The van der Waals surface area contributed by atoms with Gasteiger partial charge in [0, 0.05) is 42.7 Å². The Balaban J connectivity index is 1.36. The molecule has 0 saturated heterocycles. The molecule has 0 spiro atoms. The number of aryl methyl sites for hydroxylation is 2. The summed E-state index contributed by atoms with van der Waals surface area (Å²) in [5.74, 6) is 0.111. The van der Waals surface area contributed by atoms with Crippen LogP contribution in [0.5, 0.6) is 0 Å². The molecule has 1 amide bonds. The molecule has 1 N–H and O–H groups in total. The zero-order valence-corrected chi connectivity index (χ0v) is 15.8. The average molecular weight is 366 g/mol. The van der Waals surface area contributed by atoms with Gasteiger partial charge in [-0.25, -0.2) is 4.98 Å². The first-order valence-corrected chi connectivity index (χ1v) is 9.76. The number of aromatic nitrogens is 2. The predicted octanol–water partition coefficient (Wildman–Crippen LogP) is 4.20. The van der Waals surface area contributed by atoms with Crippen LogP contribution < -0.4 is 5.32 Å². The van der Waals surface area contributed by atoms with Gasteiger partial charge >= 0.3 is 0 Å². The number of nitrogens with one attached hydrogen (secondary N) is 1. The minimum atomic E-state index is 0.111. The Kier molecular flexibility index (Phi) is 6.50. The van der Waals surface area contributed by atoms with Crippen molar-refractivity contribution in [2.24, 2.45) is 0 Å². The van der Waals surface area contributed by atoms with Crippen molar-refractivity contribution in [3.63, 3.8) is 0 Å². The van der Waals surface area contributed by atoms with Gasteiger partial charge in [0.05, 0.1) is 5.69 Å². The second-order valence-electron chi connectivity index (χ2n) is 6.32. The molecule has 0 aliphatic heterocycles. The fourth-order valence-electron chi connectivity index (χ4n) is 2.67. The lowest BCUT2D eigenvalue weighted by molar-refractivity contribution is -0.121. The molecule has 4 nitrogen and oxygen atoms in total. The largest absolute Gasteiger partial charge is 0.356 e. The Bertz CT molecular complexity index is 828. The van der Waals surface area contributed by atoms with E-state index in [0.717, 1.165) is 35.5 Å². The fraction of sp³-hybridized carbons (Fsp3) is 0.286. The molecule has 0 unspecified atom stereocenters. The number of carbonyl (C=O) groups excluding carboxylic acids is 1. The Morgan fingerprint density at radius 2 is 2.00 bits per heavy atom. The van der Waals surface area contributed by atoms with Crippen LogP contribution in [0.4, 0.5) is 0 Å². The number of benzene rings is 1. The van der Waals surface area contributed by atoms with E-state index in [1.54, 1.807) is 17.5 Å². The predicted molar refractivity (Wildman–Crippen MR) is 106 cm³/mol. The number of carbonyl (C=O) groups is 1. The van der Waals surface area contributed by atoms with Crippen LogP contribution >= 0.6 is 11.3 Å².